The Morgan fingerprint density at radius 3 is 2.53 bits per heavy atom. The minimum Gasteiger partial charge on any atom is -0.321 e. The molecule has 17 heavy (non-hydrogen) atoms. The Labute approximate surface area is 104 Å². The van der Waals surface area contributed by atoms with E-state index in [4.69, 9.17) is 11.6 Å². The maximum Gasteiger partial charge on any atom is 0.274 e. The summed E-state index contributed by atoms with van der Waals surface area (Å²) in [7, 11) is 0. The summed E-state index contributed by atoms with van der Waals surface area (Å²) >= 11 is 5.68. The van der Waals surface area contributed by atoms with Gasteiger partial charge in [0.2, 0.25) is 0 Å². The number of rotatable bonds is 3. The third-order valence-corrected chi connectivity index (χ3v) is 2.57. The highest BCUT2D eigenvalue weighted by molar-refractivity contribution is 6.17. The van der Waals surface area contributed by atoms with Crippen LogP contribution in [0.3, 0.4) is 0 Å². The lowest BCUT2D eigenvalue weighted by Gasteiger charge is -2.04. The molecule has 1 amide bonds. The van der Waals surface area contributed by atoms with Crippen molar-refractivity contribution in [2.24, 2.45) is 0 Å². The highest BCUT2D eigenvalue weighted by Crippen LogP contribution is 2.12. The standard InChI is InChI=1S/C13H11ClN2O/c14-9-10-4-6-11(7-5-10)16-13(17)12-3-1-2-8-15-12/h1-8H,9H2,(H,16,17). The van der Waals surface area contributed by atoms with Crippen LogP contribution in [0, 0.1) is 0 Å². The summed E-state index contributed by atoms with van der Waals surface area (Å²) < 4.78 is 0. The fourth-order valence-corrected chi connectivity index (χ4v) is 1.55. The van der Waals surface area contributed by atoms with E-state index in [0.29, 0.717) is 11.6 Å². The molecule has 0 aliphatic rings. The van der Waals surface area contributed by atoms with E-state index in [1.165, 1.54) is 0 Å². The molecule has 0 fully saturated rings. The van der Waals surface area contributed by atoms with Gasteiger partial charge in [0, 0.05) is 17.8 Å². The second-order valence-corrected chi connectivity index (χ2v) is 3.77. The van der Waals surface area contributed by atoms with Crippen LogP contribution in [-0.4, -0.2) is 10.9 Å². The van der Waals surface area contributed by atoms with Crippen molar-refractivity contribution < 1.29 is 4.79 Å². The summed E-state index contributed by atoms with van der Waals surface area (Å²) in [6.45, 7) is 0. The molecule has 0 bridgehead atoms. The molecule has 86 valence electrons. The molecular weight excluding hydrogens is 236 g/mol. The zero-order valence-electron chi connectivity index (χ0n) is 9.06. The normalized spacial score (nSPS) is 9.94. The van der Waals surface area contributed by atoms with Gasteiger partial charge in [-0.05, 0) is 29.8 Å². The third-order valence-electron chi connectivity index (χ3n) is 2.26. The zero-order chi connectivity index (χ0) is 12.1. The van der Waals surface area contributed by atoms with E-state index >= 15 is 0 Å². The van der Waals surface area contributed by atoms with E-state index < -0.39 is 0 Å². The SMILES string of the molecule is O=C(Nc1ccc(CCl)cc1)c1ccccn1. The van der Waals surface area contributed by atoms with E-state index in [1.807, 2.05) is 24.3 Å². The van der Waals surface area contributed by atoms with Gasteiger partial charge in [-0.15, -0.1) is 11.6 Å². The number of amides is 1. The van der Waals surface area contributed by atoms with Crippen LogP contribution in [0.5, 0.6) is 0 Å². The summed E-state index contributed by atoms with van der Waals surface area (Å²) in [4.78, 5) is 15.7. The average molecular weight is 247 g/mol. The second kappa shape index (κ2) is 5.46. The molecule has 2 aromatic rings. The number of carbonyl (C=O) groups excluding carboxylic acids is 1. The predicted molar refractivity (Wildman–Crippen MR) is 68.2 cm³/mol. The zero-order valence-corrected chi connectivity index (χ0v) is 9.82. The molecule has 0 unspecified atom stereocenters. The number of nitrogens with one attached hydrogen (secondary N) is 1. The van der Waals surface area contributed by atoms with Crippen molar-refractivity contribution in [3.63, 3.8) is 0 Å². The highest BCUT2D eigenvalue weighted by Gasteiger charge is 2.05. The Balaban J connectivity index is 2.08. The van der Waals surface area contributed by atoms with Crippen LogP contribution in [0.1, 0.15) is 16.1 Å². The van der Waals surface area contributed by atoms with Crippen LogP contribution in [0.15, 0.2) is 48.7 Å². The van der Waals surface area contributed by atoms with Gasteiger partial charge in [0.15, 0.2) is 0 Å². The average Bonchev–Trinajstić information content (AvgIpc) is 2.40. The lowest BCUT2D eigenvalue weighted by atomic mass is 10.2. The number of benzene rings is 1. The van der Waals surface area contributed by atoms with E-state index in [1.54, 1.807) is 24.4 Å². The topological polar surface area (TPSA) is 42.0 Å². The molecule has 0 aliphatic carbocycles. The van der Waals surface area contributed by atoms with Crippen molar-refractivity contribution in [2.45, 2.75) is 5.88 Å². The monoisotopic (exact) mass is 246 g/mol. The van der Waals surface area contributed by atoms with E-state index in [0.717, 1.165) is 11.3 Å². The van der Waals surface area contributed by atoms with Gasteiger partial charge in [-0.2, -0.15) is 0 Å². The van der Waals surface area contributed by atoms with Gasteiger partial charge in [-0.25, -0.2) is 0 Å². The molecule has 0 saturated carbocycles. The quantitative estimate of drug-likeness (QED) is 0.846. The van der Waals surface area contributed by atoms with Gasteiger partial charge in [0.05, 0.1) is 0 Å². The van der Waals surface area contributed by atoms with Crippen LogP contribution in [-0.2, 0) is 5.88 Å². The molecule has 2 rings (SSSR count). The first-order chi connectivity index (χ1) is 8.29. The summed E-state index contributed by atoms with van der Waals surface area (Å²) in [5.74, 6) is 0.248. The minimum atomic E-state index is -0.218. The molecule has 0 saturated heterocycles. The Hall–Kier alpha value is -1.87. The smallest absolute Gasteiger partial charge is 0.274 e. The first-order valence-electron chi connectivity index (χ1n) is 5.17. The lowest BCUT2D eigenvalue weighted by Crippen LogP contribution is -2.13. The Kier molecular flexibility index (Phi) is 3.73. The summed E-state index contributed by atoms with van der Waals surface area (Å²) in [6, 6.07) is 12.6. The van der Waals surface area contributed by atoms with Crippen LogP contribution in [0.4, 0.5) is 5.69 Å². The number of carbonyl (C=O) groups is 1. The first-order valence-corrected chi connectivity index (χ1v) is 5.70. The van der Waals surface area contributed by atoms with Gasteiger partial charge >= 0.3 is 0 Å². The van der Waals surface area contributed by atoms with E-state index in [2.05, 4.69) is 10.3 Å². The summed E-state index contributed by atoms with van der Waals surface area (Å²) in [6.07, 6.45) is 1.59. The van der Waals surface area contributed by atoms with Gasteiger partial charge < -0.3 is 5.32 Å². The van der Waals surface area contributed by atoms with Gasteiger partial charge in [0.25, 0.3) is 5.91 Å². The van der Waals surface area contributed by atoms with Crippen LogP contribution in [0.25, 0.3) is 0 Å². The molecule has 3 nitrogen and oxygen atoms in total. The van der Waals surface area contributed by atoms with Crippen molar-refractivity contribution in [1.82, 2.24) is 4.98 Å². The van der Waals surface area contributed by atoms with Crippen molar-refractivity contribution in [3.8, 4) is 0 Å². The molecule has 4 heteroatoms. The van der Waals surface area contributed by atoms with Crippen LogP contribution in [0.2, 0.25) is 0 Å². The maximum absolute atomic E-state index is 11.8. The number of anilines is 1. The highest BCUT2D eigenvalue weighted by atomic mass is 35.5. The van der Waals surface area contributed by atoms with Gasteiger partial charge in [-0.3, -0.25) is 9.78 Å². The number of alkyl halides is 1. The molecule has 1 aromatic carbocycles. The fraction of sp³-hybridized carbons (Fsp3) is 0.0769. The van der Waals surface area contributed by atoms with Crippen molar-refractivity contribution >= 4 is 23.2 Å². The predicted octanol–water partition coefficient (Wildman–Crippen LogP) is 3.07. The van der Waals surface area contributed by atoms with Gasteiger partial charge in [-0.1, -0.05) is 18.2 Å². The van der Waals surface area contributed by atoms with Crippen molar-refractivity contribution in [3.05, 3.63) is 59.9 Å². The number of pyridine rings is 1. The molecule has 0 atom stereocenters. The first kappa shape index (κ1) is 11.6. The minimum absolute atomic E-state index is 0.218. The molecule has 0 radical (unpaired) electrons. The van der Waals surface area contributed by atoms with Crippen LogP contribution < -0.4 is 5.32 Å². The largest absolute Gasteiger partial charge is 0.321 e. The third kappa shape index (κ3) is 3.04. The molecule has 0 aliphatic heterocycles. The Morgan fingerprint density at radius 2 is 1.94 bits per heavy atom. The Morgan fingerprint density at radius 1 is 1.18 bits per heavy atom. The maximum atomic E-state index is 11.8. The van der Waals surface area contributed by atoms with Crippen LogP contribution >= 0.6 is 11.6 Å². The number of halogens is 1. The molecular formula is C13H11ClN2O. The van der Waals surface area contributed by atoms with Crippen molar-refractivity contribution in [1.29, 1.82) is 0 Å². The van der Waals surface area contributed by atoms with Gasteiger partial charge in [0.1, 0.15) is 5.69 Å². The summed E-state index contributed by atoms with van der Waals surface area (Å²) in [5, 5.41) is 2.76. The lowest BCUT2D eigenvalue weighted by molar-refractivity contribution is 0.102. The number of hydrogen-bond donors (Lipinski definition) is 1. The number of aromatic nitrogens is 1. The number of hydrogen-bond acceptors (Lipinski definition) is 2. The number of nitrogens with zero attached hydrogens (tertiary/aromatic N) is 1. The molecule has 1 N–H and O–H groups in total. The van der Waals surface area contributed by atoms with E-state index in [9.17, 15) is 4.79 Å². The molecule has 0 spiro atoms. The fourth-order valence-electron chi connectivity index (χ4n) is 1.37. The van der Waals surface area contributed by atoms with Crippen molar-refractivity contribution in [2.75, 3.05) is 5.32 Å². The summed E-state index contributed by atoms with van der Waals surface area (Å²) in [5.41, 5.74) is 2.14. The molecule has 1 heterocycles. The second-order valence-electron chi connectivity index (χ2n) is 3.50. The molecule has 1 aromatic heterocycles. The van der Waals surface area contributed by atoms with E-state index in [-0.39, 0.29) is 5.91 Å². The Bertz CT molecular complexity index is 497.